The summed E-state index contributed by atoms with van der Waals surface area (Å²) in [6.07, 6.45) is -0.308. The van der Waals surface area contributed by atoms with Gasteiger partial charge in [-0.2, -0.15) is 0 Å². The van der Waals surface area contributed by atoms with E-state index in [1.807, 2.05) is 0 Å². The van der Waals surface area contributed by atoms with Crippen molar-refractivity contribution in [2.45, 2.75) is 25.0 Å². The van der Waals surface area contributed by atoms with Crippen molar-refractivity contribution in [3.05, 3.63) is 0 Å². The minimum absolute atomic E-state index is 0.119. The van der Waals surface area contributed by atoms with Gasteiger partial charge in [-0.3, -0.25) is 4.79 Å². The third-order valence-corrected chi connectivity index (χ3v) is 1.69. The SMILES string of the molecule is COCC[C@H]1OC(=O)C[C@@H]1O. The average Bonchev–Trinajstić information content (AvgIpc) is 2.26. The first-order valence-electron chi connectivity index (χ1n) is 3.60. The maximum atomic E-state index is 10.6. The summed E-state index contributed by atoms with van der Waals surface area (Å²) in [5.74, 6) is -0.321. The van der Waals surface area contributed by atoms with E-state index in [-0.39, 0.29) is 18.5 Å². The summed E-state index contributed by atoms with van der Waals surface area (Å²) in [6.45, 7) is 0.509. The Morgan fingerprint density at radius 1 is 1.82 bits per heavy atom. The van der Waals surface area contributed by atoms with E-state index in [2.05, 4.69) is 0 Å². The van der Waals surface area contributed by atoms with Gasteiger partial charge in [0.2, 0.25) is 0 Å². The molecule has 11 heavy (non-hydrogen) atoms. The first-order chi connectivity index (χ1) is 5.24. The molecule has 2 atom stereocenters. The zero-order valence-corrected chi connectivity index (χ0v) is 6.45. The second-order valence-corrected chi connectivity index (χ2v) is 2.58. The van der Waals surface area contributed by atoms with Crippen molar-refractivity contribution < 1.29 is 19.4 Å². The monoisotopic (exact) mass is 160 g/mol. The Bertz CT molecular complexity index is 145. The van der Waals surface area contributed by atoms with Gasteiger partial charge in [-0.1, -0.05) is 0 Å². The second-order valence-electron chi connectivity index (χ2n) is 2.58. The first-order valence-corrected chi connectivity index (χ1v) is 3.60. The number of carbonyl (C=O) groups excluding carboxylic acids is 1. The van der Waals surface area contributed by atoms with Crippen LogP contribution in [0.25, 0.3) is 0 Å². The topological polar surface area (TPSA) is 55.8 Å². The van der Waals surface area contributed by atoms with E-state index in [0.29, 0.717) is 13.0 Å². The van der Waals surface area contributed by atoms with Crippen molar-refractivity contribution in [2.75, 3.05) is 13.7 Å². The maximum absolute atomic E-state index is 10.6. The molecule has 1 aliphatic rings. The van der Waals surface area contributed by atoms with Crippen molar-refractivity contribution >= 4 is 5.97 Å². The summed E-state index contributed by atoms with van der Waals surface area (Å²) in [7, 11) is 1.57. The minimum Gasteiger partial charge on any atom is -0.459 e. The lowest BCUT2D eigenvalue weighted by atomic mass is 10.1. The molecule has 4 heteroatoms. The molecule has 0 radical (unpaired) electrons. The first kappa shape index (κ1) is 8.49. The van der Waals surface area contributed by atoms with Crippen LogP contribution in [0.2, 0.25) is 0 Å². The third-order valence-electron chi connectivity index (χ3n) is 1.69. The number of rotatable bonds is 3. The van der Waals surface area contributed by atoms with Gasteiger partial charge in [0.1, 0.15) is 12.2 Å². The predicted molar refractivity (Wildman–Crippen MR) is 37.0 cm³/mol. The van der Waals surface area contributed by atoms with Crippen LogP contribution in [-0.2, 0) is 14.3 Å². The van der Waals surface area contributed by atoms with Crippen LogP contribution in [0, 0.1) is 0 Å². The van der Waals surface area contributed by atoms with Crippen LogP contribution < -0.4 is 0 Å². The van der Waals surface area contributed by atoms with E-state index in [4.69, 9.17) is 9.47 Å². The number of esters is 1. The fourth-order valence-corrected chi connectivity index (χ4v) is 1.08. The van der Waals surface area contributed by atoms with Crippen molar-refractivity contribution in [1.29, 1.82) is 0 Å². The van der Waals surface area contributed by atoms with Crippen molar-refractivity contribution in [3.8, 4) is 0 Å². The Labute approximate surface area is 65.1 Å². The molecule has 0 spiro atoms. The van der Waals surface area contributed by atoms with Gasteiger partial charge >= 0.3 is 5.97 Å². The molecule has 1 N–H and O–H groups in total. The molecule has 1 fully saturated rings. The lowest BCUT2D eigenvalue weighted by molar-refractivity contribution is -0.142. The lowest BCUT2D eigenvalue weighted by Gasteiger charge is -2.11. The number of cyclic esters (lactones) is 1. The molecule has 0 bridgehead atoms. The number of hydrogen-bond donors (Lipinski definition) is 1. The molecule has 4 nitrogen and oxygen atoms in total. The number of aliphatic hydroxyl groups excluding tert-OH is 1. The summed E-state index contributed by atoms with van der Waals surface area (Å²) in [5.41, 5.74) is 0. The van der Waals surface area contributed by atoms with Gasteiger partial charge in [-0.05, 0) is 0 Å². The van der Waals surface area contributed by atoms with Crippen LogP contribution >= 0.6 is 0 Å². The van der Waals surface area contributed by atoms with Crippen LogP contribution in [0.5, 0.6) is 0 Å². The highest BCUT2D eigenvalue weighted by Gasteiger charge is 2.32. The molecule has 0 aromatic rings. The highest BCUT2D eigenvalue weighted by atomic mass is 16.6. The summed E-state index contributed by atoms with van der Waals surface area (Å²) >= 11 is 0. The largest absolute Gasteiger partial charge is 0.459 e. The standard InChI is InChI=1S/C7H12O4/c1-10-3-2-6-5(8)4-7(9)11-6/h5-6,8H,2-4H2,1H3/t5-,6+/m0/s1. The Morgan fingerprint density at radius 2 is 2.55 bits per heavy atom. The number of methoxy groups -OCH3 is 1. The number of hydrogen-bond acceptors (Lipinski definition) is 4. The Kier molecular flexibility index (Phi) is 2.84. The second kappa shape index (κ2) is 3.69. The number of ether oxygens (including phenoxy) is 2. The molecule has 1 saturated heterocycles. The third kappa shape index (κ3) is 2.17. The molecule has 1 rings (SSSR count). The Hall–Kier alpha value is -0.610. The van der Waals surface area contributed by atoms with Crippen LogP contribution in [0.4, 0.5) is 0 Å². The van der Waals surface area contributed by atoms with E-state index in [9.17, 15) is 9.90 Å². The van der Waals surface area contributed by atoms with Gasteiger partial charge in [0, 0.05) is 20.1 Å². The molecule has 1 aliphatic heterocycles. The molecule has 0 aromatic heterocycles. The zero-order valence-electron chi connectivity index (χ0n) is 6.45. The van der Waals surface area contributed by atoms with Crippen molar-refractivity contribution in [2.24, 2.45) is 0 Å². The quantitative estimate of drug-likeness (QED) is 0.576. The zero-order chi connectivity index (χ0) is 8.27. The van der Waals surface area contributed by atoms with Gasteiger partial charge in [-0.15, -0.1) is 0 Å². The average molecular weight is 160 g/mol. The van der Waals surface area contributed by atoms with Gasteiger partial charge in [0.15, 0.2) is 0 Å². The minimum atomic E-state index is -0.641. The summed E-state index contributed by atoms with van der Waals surface area (Å²) in [4.78, 5) is 10.6. The smallest absolute Gasteiger partial charge is 0.308 e. The maximum Gasteiger partial charge on any atom is 0.308 e. The van der Waals surface area contributed by atoms with E-state index in [1.165, 1.54) is 0 Å². The van der Waals surface area contributed by atoms with E-state index in [1.54, 1.807) is 7.11 Å². The highest BCUT2D eigenvalue weighted by molar-refractivity contribution is 5.72. The molecular formula is C7H12O4. The Balaban J connectivity index is 2.28. The molecular weight excluding hydrogens is 148 g/mol. The van der Waals surface area contributed by atoms with Crippen LogP contribution in [0.15, 0.2) is 0 Å². The molecule has 64 valence electrons. The molecule has 0 amide bonds. The van der Waals surface area contributed by atoms with E-state index >= 15 is 0 Å². The van der Waals surface area contributed by atoms with Crippen LogP contribution in [-0.4, -0.2) is 37.0 Å². The van der Waals surface area contributed by atoms with Crippen molar-refractivity contribution in [1.82, 2.24) is 0 Å². The molecule has 1 heterocycles. The van der Waals surface area contributed by atoms with E-state index in [0.717, 1.165) is 0 Å². The van der Waals surface area contributed by atoms with Crippen LogP contribution in [0.3, 0.4) is 0 Å². The normalized spacial score (nSPS) is 30.5. The highest BCUT2D eigenvalue weighted by Crippen LogP contribution is 2.17. The molecule has 0 aliphatic carbocycles. The fraction of sp³-hybridized carbons (Fsp3) is 0.857. The van der Waals surface area contributed by atoms with E-state index < -0.39 is 6.10 Å². The number of carbonyl (C=O) groups is 1. The summed E-state index contributed by atoms with van der Waals surface area (Å²) in [6, 6.07) is 0. The van der Waals surface area contributed by atoms with Crippen LogP contribution in [0.1, 0.15) is 12.8 Å². The summed E-state index contributed by atoms with van der Waals surface area (Å²) < 4.78 is 9.59. The summed E-state index contributed by atoms with van der Waals surface area (Å²) in [5, 5.41) is 9.18. The lowest BCUT2D eigenvalue weighted by Crippen LogP contribution is -2.22. The molecule has 0 aromatic carbocycles. The Morgan fingerprint density at radius 3 is 3.00 bits per heavy atom. The predicted octanol–water partition coefficient (Wildman–Crippen LogP) is -0.301. The van der Waals surface area contributed by atoms with Crippen molar-refractivity contribution in [3.63, 3.8) is 0 Å². The van der Waals surface area contributed by atoms with Gasteiger partial charge in [0.05, 0.1) is 6.42 Å². The van der Waals surface area contributed by atoms with Gasteiger partial charge in [-0.25, -0.2) is 0 Å². The number of aliphatic hydroxyl groups is 1. The fourth-order valence-electron chi connectivity index (χ4n) is 1.08. The van der Waals surface area contributed by atoms with Gasteiger partial charge < -0.3 is 14.6 Å². The molecule has 0 unspecified atom stereocenters. The van der Waals surface area contributed by atoms with Gasteiger partial charge in [0.25, 0.3) is 0 Å². The molecule has 0 saturated carbocycles.